The topological polar surface area (TPSA) is 131 Å². The lowest BCUT2D eigenvalue weighted by atomic mass is 9.84. The summed E-state index contributed by atoms with van der Waals surface area (Å²) in [7, 11) is 0. The summed E-state index contributed by atoms with van der Waals surface area (Å²) in [5.41, 5.74) is 4.14. The number of halogens is 1. The van der Waals surface area contributed by atoms with E-state index in [1.54, 1.807) is 40.7 Å². The van der Waals surface area contributed by atoms with Gasteiger partial charge < -0.3 is 26.2 Å². The van der Waals surface area contributed by atoms with Crippen LogP contribution >= 0.6 is 0 Å². The van der Waals surface area contributed by atoms with E-state index in [-0.39, 0.29) is 18.5 Å². The molecule has 2 atom stereocenters. The molecular weight excluding hydrogens is 393 g/mol. The quantitative estimate of drug-likeness (QED) is 0.506. The van der Waals surface area contributed by atoms with Crippen LogP contribution in [0.3, 0.4) is 0 Å². The zero-order valence-corrected chi connectivity index (χ0v) is 18.3. The summed E-state index contributed by atoms with van der Waals surface area (Å²) in [6.07, 6.45) is -0.407. The number of rotatable bonds is 8. The van der Waals surface area contributed by atoms with E-state index in [9.17, 15) is 23.9 Å². The lowest BCUT2D eigenvalue weighted by molar-refractivity contribution is -0.147. The highest BCUT2D eigenvalue weighted by molar-refractivity contribution is 5.94. The van der Waals surface area contributed by atoms with E-state index in [1.807, 2.05) is 0 Å². The van der Waals surface area contributed by atoms with Crippen molar-refractivity contribution in [2.45, 2.75) is 72.1 Å². The molecule has 30 heavy (non-hydrogen) atoms. The van der Waals surface area contributed by atoms with Gasteiger partial charge in [0.05, 0.1) is 17.1 Å². The Morgan fingerprint density at radius 3 is 2.27 bits per heavy atom. The van der Waals surface area contributed by atoms with Gasteiger partial charge in [-0.15, -0.1) is 0 Å². The van der Waals surface area contributed by atoms with Crippen molar-refractivity contribution in [2.24, 2.45) is 11.1 Å². The van der Waals surface area contributed by atoms with E-state index < -0.39 is 46.9 Å². The summed E-state index contributed by atoms with van der Waals surface area (Å²) in [5, 5.41) is 14.5. The van der Waals surface area contributed by atoms with E-state index >= 15 is 0 Å². The zero-order valence-electron chi connectivity index (χ0n) is 18.3. The fraction of sp³-hybridized carbons (Fsp3) is 0.571. The Morgan fingerprint density at radius 1 is 1.20 bits per heavy atom. The highest BCUT2D eigenvalue weighted by Gasteiger charge is 2.32. The van der Waals surface area contributed by atoms with E-state index in [0.29, 0.717) is 5.56 Å². The maximum absolute atomic E-state index is 14.4. The second kappa shape index (κ2) is 9.88. The van der Waals surface area contributed by atoms with Gasteiger partial charge in [0.25, 0.3) is 0 Å². The molecule has 168 valence electrons. The number of benzene rings is 1. The number of carbonyl (C=O) groups is 3. The second-order valence-corrected chi connectivity index (χ2v) is 9.03. The van der Waals surface area contributed by atoms with Gasteiger partial charge in [0, 0.05) is 6.04 Å². The SMILES string of the molecule is C[C@H](N)C(=O)Nc1ccc(C[C@@H](CC(C)(C)C(=O)O)NC(=O)OC(C)(C)C)cc1F. The van der Waals surface area contributed by atoms with Crippen molar-refractivity contribution in [1.82, 2.24) is 5.32 Å². The molecular formula is C21H32FN3O5. The van der Waals surface area contributed by atoms with Gasteiger partial charge in [0.2, 0.25) is 5.91 Å². The van der Waals surface area contributed by atoms with Crippen LogP contribution in [0.5, 0.6) is 0 Å². The largest absolute Gasteiger partial charge is 0.481 e. The first-order chi connectivity index (χ1) is 13.6. The molecule has 1 aromatic rings. The Hall–Kier alpha value is -2.68. The molecule has 0 aliphatic heterocycles. The molecule has 0 radical (unpaired) electrons. The van der Waals surface area contributed by atoms with Gasteiger partial charge >= 0.3 is 12.1 Å². The summed E-state index contributed by atoms with van der Waals surface area (Å²) < 4.78 is 19.7. The van der Waals surface area contributed by atoms with Gasteiger partial charge in [-0.05, 0) is 72.1 Å². The van der Waals surface area contributed by atoms with Gasteiger partial charge in [-0.2, -0.15) is 0 Å². The Balaban J connectivity index is 3.02. The van der Waals surface area contributed by atoms with Gasteiger partial charge in [-0.1, -0.05) is 6.07 Å². The maximum atomic E-state index is 14.4. The number of alkyl carbamates (subject to hydrolysis) is 1. The third-order valence-corrected chi connectivity index (χ3v) is 4.24. The highest BCUT2D eigenvalue weighted by Crippen LogP contribution is 2.25. The van der Waals surface area contributed by atoms with Gasteiger partial charge in [0.1, 0.15) is 11.4 Å². The molecule has 1 rings (SSSR count). The minimum atomic E-state index is -1.12. The van der Waals surface area contributed by atoms with Crippen molar-refractivity contribution in [2.75, 3.05) is 5.32 Å². The molecule has 0 saturated heterocycles. The lowest BCUT2D eigenvalue weighted by Gasteiger charge is -2.28. The minimum Gasteiger partial charge on any atom is -0.481 e. The van der Waals surface area contributed by atoms with Crippen LogP contribution in [-0.2, 0) is 20.7 Å². The van der Waals surface area contributed by atoms with Crippen molar-refractivity contribution >= 4 is 23.7 Å². The number of hydrogen-bond acceptors (Lipinski definition) is 5. The van der Waals surface area contributed by atoms with Crippen molar-refractivity contribution in [3.05, 3.63) is 29.6 Å². The van der Waals surface area contributed by atoms with E-state index in [4.69, 9.17) is 10.5 Å². The predicted molar refractivity (Wildman–Crippen MR) is 112 cm³/mol. The summed E-state index contributed by atoms with van der Waals surface area (Å²) in [4.78, 5) is 35.4. The highest BCUT2D eigenvalue weighted by atomic mass is 19.1. The smallest absolute Gasteiger partial charge is 0.407 e. The molecule has 1 aromatic carbocycles. The molecule has 8 nitrogen and oxygen atoms in total. The summed E-state index contributed by atoms with van der Waals surface area (Å²) in [6, 6.07) is 2.82. The molecule has 0 fully saturated rings. The number of nitrogens with two attached hydrogens (primary N) is 1. The Bertz CT molecular complexity index is 787. The number of amides is 2. The Kier molecular flexibility index (Phi) is 8.35. The van der Waals surface area contributed by atoms with Crippen molar-refractivity contribution in [1.29, 1.82) is 0 Å². The van der Waals surface area contributed by atoms with Crippen LogP contribution in [0.2, 0.25) is 0 Å². The molecule has 0 heterocycles. The molecule has 0 unspecified atom stereocenters. The van der Waals surface area contributed by atoms with Gasteiger partial charge in [-0.3, -0.25) is 9.59 Å². The summed E-state index contributed by atoms with van der Waals surface area (Å²) in [6.45, 7) is 9.73. The number of anilines is 1. The third kappa shape index (κ3) is 8.36. The summed E-state index contributed by atoms with van der Waals surface area (Å²) in [5.74, 6) is -2.19. The molecule has 5 N–H and O–H groups in total. The fourth-order valence-electron chi connectivity index (χ4n) is 2.67. The van der Waals surface area contributed by atoms with Crippen LogP contribution in [0.25, 0.3) is 0 Å². The standard InChI is InChI=1S/C21H32FN3O5/c1-12(23)17(26)25-16-8-7-13(10-15(16)22)9-14(11-21(5,6)18(27)28)24-19(29)30-20(2,3)4/h7-8,10,12,14H,9,11,23H2,1-6H3,(H,24,29)(H,25,26)(H,27,28)/t12-,14-/m0/s1. The average molecular weight is 426 g/mol. The minimum absolute atomic E-state index is 0.0106. The number of ether oxygens (including phenoxy) is 1. The monoisotopic (exact) mass is 425 g/mol. The van der Waals surface area contributed by atoms with Crippen LogP contribution in [0, 0.1) is 11.2 Å². The first kappa shape index (κ1) is 25.4. The molecule has 0 aliphatic rings. The zero-order chi connectivity index (χ0) is 23.3. The van der Waals surface area contributed by atoms with Crippen LogP contribution in [0.15, 0.2) is 18.2 Å². The number of aliphatic carboxylic acids is 1. The third-order valence-electron chi connectivity index (χ3n) is 4.24. The van der Waals surface area contributed by atoms with Crippen molar-refractivity contribution < 1.29 is 28.6 Å². The van der Waals surface area contributed by atoms with Gasteiger partial charge in [-0.25, -0.2) is 9.18 Å². The second-order valence-electron chi connectivity index (χ2n) is 9.03. The Labute approximate surface area is 176 Å². The average Bonchev–Trinajstić information content (AvgIpc) is 2.54. The molecule has 2 amide bonds. The lowest BCUT2D eigenvalue weighted by Crippen LogP contribution is -2.43. The molecule has 0 saturated carbocycles. The van der Waals surface area contributed by atoms with Crippen LogP contribution in [-0.4, -0.2) is 40.8 Å². The fourth-order valence-corrected chi connectivity index (χ4v) is 2.67. The Morgan fingerprint density at radius 2 is 1.80 bits per heavy atom. The van der Waals surface area contributed by atoms with Crippen molar-refractivity contribution in [3.8, 4) is 0 Å². The number of hydrogen-bond donors (Lipinski definition) is 4. The van der Waals surface area contributed by atoms with Crippen LogP contribution in [0.1, 0.15) is 53.5 Å². The first-order valence-electron chi connectivity index (χ1n) is 9.68. The normalized spacial score (nSPS) is 13.9. The molecule has 0 aliphatic carbocycles. The number of carbonyl (C=O) groups excluding carboxylic acids is 2. The number of nitrogens with one attached hydrogen (secondary N) is 2. The predicted octanol–water partition coefficient (Wildman–Crippen LogP) is 3.05. The molecule has 9 heteroatoms. The van der Waals surface area contributed by atoms with Crippen LogP contribution < -0.4 is 16.4 Å². The number of carboxylic acids is 1. The molecule has 0 spiro atoms. The summed E-state index contributed by atoms with van der Waals surface area (Å²) >= 11 is 0. The van der Waals surface area contributed by atoms with Gasteiger partial charge in [0.15, 0.2) is 0 Å². The van der Waals surface area contributed by atoms with E-state index in [0.717, 1.165) is 0 Å². The van der Waals surface area contributed by atoms with Crippen LogP contribution in [0.4, 0.5) is 14.9 Å². The van der Waals surface area contributed by atoms with E-state index in [1.165, 1.54) is 19.1 Å². The molecule has 0 bridgehead atoms. The van der Waals surface area contributed by atoms with Crippen molar-refractivity contribution in [3.63, 3.8) is 0 Å². The number of carboxylic acid groups (broad SMARTS) is 1. The van der Waals surface area contributed by atoms with E-state index in [2.05, 4.69) is 10.6 Å². The first-order valence-corrected chi connectivity index (χ1v) is 9.68. The molecule has 0 aromatic heterocycles. The maximum Gasteiger partial charge on any atom is 0.407 e.